The molecule has 2 atom stereocenters. The van der Waals surface area contributed by atoms with Gasteiger partial charge in [-0.15, -0.1) is 0 Å². The van der Waals surface area contributed by atoms with Crippen LogP contribution in [0.4, 0.5) is 0 Å². The number of aliphatic hydroxyl groups excluding tert-OH is 1. The molecule has 0 aromatic carbocycles. The molecule has 0 heterocycles. The number of ether oxygens (including phenoxy) is 1. The van der Waals surface area contributed by atoms with Gasteiger partial charge in [0, 0.05) is 7.11 Å². The van der Waals surface area contributed by atoms with Gasteiger partial charge in [-0.25, -0.2) is 0 Å². The van der Waals surface area contributed by atoms with Gasteiger partial charge in [0.1, 0.15) is 6.10 Å². The Labute approximate surface area is 64.2 Å². The summed E-state index contributed by atoms with van der Waals surface area (Å²) in [5.74, 6) is -2.52. The molecule has 3 N–H and O–H groups in total. The molecule has 0 aliphatic carbocycles. The van der Waals surface area contributed by atoms with E-state index >= 15 is 0 Å². The molecule has 5 nitrogen and oxygen atoms in total. The molecule has 0 saturated carbocycles. The first kappa shape index (κ1) is 10.5. The molecule has 0 aromatic rings. The predicted octanol–water partition coefficient (Wildman–Crippen LogP) is -1.74. The van der Waals surface area contributed by atoms with Crippen molar-refractivity contribution in [2.45, 2.75) is 24.9 Å². The second kappa shape index (κ2) is 3.77. The number of carbonyl (C=O) groups is 1. The molecule has 0 saturated heterocycles. The maximum absolute atomic E-state index is 10.1. The zero-order valence-electron chi connectivity index (χ0n) is 6.39. The van der Waals surface area contributed by atoms with Gasteiger partial charge in [-0.05, 0) is 6.92 Å². The van der Waals surface area contributed by atoms with Gasteiger partial charge in [-0.1, -0.05) is 0 Å². The largest absolute Gasteiger partial charge is 0.388 e. The van der Waals surface area contributed by atoms with Crippen LogP contribution in [0.15, 0.2) is 0 Å². The van der Waals surface area contributed by atoms with Crippen LogP contribution in [0.25, 0.3) is 0 Å². The van der Waals surface area contributed by atoms with Gasteiger partial charge in [0.15, 0.2) is 12.4 Å². The van der Waals surface area contributed by atoms with Crippen LogP contribution in [0.5, 0.6) is 0 Å². The molecule has 5 heteroatoms. The van der Waals surface area contributed by atoms with Gasteiger partial charge in [0.25, 0.3) is 0 Å². The summed E-state index contributed by atoms with van der Waals surface area (Å²) in [6.45, 7) is 1.15. The van der Waals surface area contributed by atoms with Crippen molar-refractivity contribution in [3.05, 3.63) is 0 Å². The fourth-order valence-electron chi connectivity index (χ4n) is 0.567. The Balaban J connectivity index is 4.36. The van der Waals surface area contributed by atoms with Crippen LogP contribution in [0, 0.1) is 0 Å². The van der Waals surface area contributed by atoms with Crippen LogP contribution in [0.1, 0.15) is 6.92 Å². The van der Waals surface area contributed by atoms with Gasteiger partial charge in [0.2, 0.25) is 5.79 Å². The van der Waals surface area contributed by atoms with Gasteiger partial charge in [0.05, 0.1) is 0 Å². The number of aliphatic hydroxyl groups is 3. The number of hydrogen-bond donors (Lipinski definition) is 3. The van der Waals surface area contributed by atoms with E-state index in [-0.39, 0.29) is 6.29 Å². The third-order valence-electron chi connectivity index (χ3n) is 1.41. The topological polar surface area (TPSA) is 87.0 Å². The molecule has 0 radical (unpaired) electrons. The first-order valence-electron chi connectivity index (χ1n) is 3.07. The van der Waals surface area contributed by atoms with E-state index in [1.165, 1.54) is 0 Å². The molecule has 0 spiro atoms. The minimum atomic E-state index is -2.52. The molecule has 0 amide bonds. The average Bonchev–Trinajstić information content (AvgIpc) is 1.89. The number of hydrogen-bond acceptors (Lipinski definition) is 5. The van der Waals surface area contributed by atoms with Crippen LogP contribution in [0.3, 0.4) is 0 Å². The summed E-state index contributed by atoms with van der Waals surface area (Å²) in [5, 5.41) is 26.8. The monoisotopic (exact) mass is 164 g/mol. The summed E-state index contributed by atoms with van der Waals surface area (Å²) in [5.41, 5.74) is 0. The zero-order chi connectivity index (χ0) is 9.07. The van der Waals surface area contributed by atoms with Gasteiger partial charge in [-0.3, -0.25) is 0 Å². The van der Waals surface area contributed by atoms with E-state index in [1.807, 2.05) is 0 Å². The Morgan fingerprint density at radius 1 is 1.55 bits per heavy atom. The molecule has 0 aliphatic rings. The van der Waals surface area contributed by atoms with E-state index in [9.17, 15) is 4.79 Å². The molecule has 0 unspecified atom stereocenters. The molecule has 0 fully saturated rings. The van der Waals surface area contributed by atoms with Crippen molar-refractivity contribution in [2.24, 2.45) is 0 Å². The van der Waals surface area contributed by atoms with Crippen molar-refractivity contribution in [3.8, 4) is 0 Å². The highest BCUT2D eigenvalue weighted by atomic mass is 16.6. The Morgan fingerprint density at radius 2 is 2.00 bits per heavy atom. The second-order valence-electron chi connectivity index (χ2n) is 2.25. The highest BCUT2D eigenvalue weighted by Crippen LogP contribution is 2.12. The van der Waals surface area contributed by atoms with Crippen LogP contribution >= 0.6 is 0 Å². The maximum atomic E-state index is 10.1. The summed E-state index contributed by atoms with van der Waals surface area (Å²) in [6.07, 6.45) is -2.66. The van der Waals surface area contributed by atoms with Gasteiger partial charge >= 0.3 is 0 Å². The number of aldehydes is 1. The Bertz CT molecular complexity index is 131. The van der Waals surface area contributed by atoms with Crippen molar-refractivity contribution in [1.82, 2.24) is 0 Å². The van der Waals surface area contributed by atoms with E-state index in [0.29, 0.717) is 0 Å². The Hall–Kier alpha value is -0.490. The average molecular weight is 164 g/mol. The van der Waals surface area contributed by atoms with E-state index < -0.39 is 18.0 Å². The minimum absolute atomic E-state index is 0.215. The van der Waals surface area contributed by atoms with Crippen molar-refractivity contribution < 1.29 is 24.9 Å². The minimum Gasteiger partial charge on any atom is -0.388 e. The van der Waals surface area contributed by atoms with Gasteiger partial charge in [-0.2, -0.15) is 0 Å². The van der Waals surface area contributed by atoms with Crippen molar-refractivity contribution in [3.63, 3.8) is 0 Å². The van der Waals surface area contributed by atoms with Crippen LogP contribution in [-0.2, 0) is 9.53 Å². The fourth-order valence-corrected chi connectivity index (χ4v) is 0.567. The summed E-state index contributed by atoms with van der Waals surface area (Å²) in [7, 11) is 1.14. The Kier molecular flexibility index (Phi) is 3.61. The smallest absolute Gasteiger partial charge is 0.223 e. The van der Waals surface area contributed by atoms with E-state index in [4.69, 9.17) is 15.3 Å². The quantitative estimate of drug-likeness (QED) is 0.339. The molecule has 0 aliphatic heterocycles. The molecular weight excluding hydrogens is 152 g/mol. The van der Waals surface area contributed by atoms with E-state index in [2.05, 4.69) is 4.74 Å². The zero-order valence-corrected chi connectivity index (χ0v) is 6.39. The summed E-state index contributed by atoms with van der Waals surface area (Å²) in [4.78, 5) is 10.1. The molecule has 11 heavy (non-hydrogen) atoms. The van der Waals surface area contributed by atoms with Crippen molar-refractivity contribution >= 4 is 6.29 Å². The predicted molar refractivity (Wildman–Crippen MR) is 35.7 cm³/mol. The van der Waals surface area contributed by atoms with Crippen LogP contribution < -0.4 is 0 Å². The van der Waals surface area contributed by atoms with Crippen molar-refractivity contribution in [1.29, 1.82) is 0 Å². The third-order valence-corrected chi connectivity index (χ3v) is 1.41. The van der Waals surface area contributed by atoms with E-state index in [1.54, 1.807) is 0 Å². The number of carbonyl (C=O) groups excluding carboxylic acids is 1. The normalized spacial score (nSPS) is 17.5. The lowest BCUT2D eigenvalue weighted by Gasteiger charge is -2.28. The molecule has 66 valence electrons. The lowest BCUT2D eigenvalue weighted by molar-refractivity contribution is -0.265. The molecule has 0 aromatic heterocycles. The highest BCUT2D eigenvalue weighted by molar-refractivity contribution is 5.58. The third kappa shape index (κ3) is 2.23. The fraction of sp³-hybridized carbons (Fsp3) is 0.833. The summed E-state index contributed by atoms with van der Waals surface area (Å²) >= 11 is 0. The van der Waals surface area contributed by atoms with Crippen LogP contribution in [0.2, 0.25) is 0 Å². The highest BCUT2D eigenvalue weighted by Gasteiger charge is 2.39. The number of rotatable bonds is 4. The molecular formula is C6H12O5. The maximum Gasteiger partial charge on any atom is 0.223 e. The summed E-state index contributed by atoms with van der Waals surface area (Å²) < 4.78 is 4.40. The van der Waals surface area contributed by atoms with Gasteiger partial charge < -0.3 is 24.9 Å². The second-order valence-corrected chi connectivity index (χ2v) is 2.25. The first-order chi connectivity index (χ1) is 4.96. The SMILES string of the molecule is CO[C@H](C=O)C(O)(O)[C@H](C)O. The molecule has 0 bridgehead atoms. The van der Waals surface area contributed by atoms with Crippen LogP contribution in [-0.4, -0.2) is 46.7 Å². The summed E-state index contributed by atoms with van der Waals surface area (Å²) in [6, 6.07) is 0. The number of methoxy groups -OCH3 is 1. The first-order valence-corrected chi connectivity index (χ1v) is 3.07. The molecule has 0 rings (SSSR count). The standard InChI is InChI=1S/C6H12O5/c1-4(8)6(9,10)5(3-7)11-2/h3-5,8-10H,1-2H3/t4-,5+/m0/s1. The lowest BCUT2D eigenvalue weighted by Crippen LogP contribution is -2.52. The Morgan fingerprint density at radius 3 is 2.09 bits per heavy atom. The lowest BCUT2D eigenvalue weighted by atomic mass is 10.1. The van der Waals surface area contributed by atoms with Crippen molar-refractivity contribution in [2.75, 3.05) is 7.11 Å². The van der Waals surface area contributed by atoms with E-state index in [0.717, 1.165) is 14.0 Å².